The molecule has 0 aromatic carbocycles. The molecule has 0 aliphatic carbocycles. The summed E-state index contributed by atoms with van der Waals surface area (Å²) < 4.78 is 9.38. The molecule has 8 heteroatoms. The number of furan rings is 1. The van der Waals surface area contributed by atoms with Gasteiger partial charge in [-0.15, -0.1) is 0 Å². The Balaban J connectivity index is 1.36. The van der Waals surface area contributed by atoms with E-state index in [4.69, 9.17) is 4.42 Å². The number of rotatable bonds is 7. The van der Waals surface area contributed by atoms with Crippen LogP contribution in [-0.4, -0.2) is 50.0 Å². The van der Waals surface area contributed by atoms with Gasteiger partial charge in [0.05, 0.1) is 30.7 Å². The molecule has 4 rings (SSSR count). The van der Waals surface area contributed by atoms with Crippen molar-refractivity contribution in [2.24, 2.45) is 7.05 Å². The van der Waals surface area contributed by atoms with Crippen LogP contribution in [0.5, 0.6) is 0 Å². The highest BCUT2D eigenvalue weighted by molar-refractivity contribution is 5.78. The summed E-state index contributed by atoms with van der Waals surface area (Å²) in [6, 6.07) is 4.01. The molecule has 1 saturated heterocycles. The van der Waals surface area contributed by atoms with Crippen LogP contribution in [0.3, 0.4) is 0 Å². The van der Waals surface area contributed by atoms with Gasteiger partial charge in [-0.2, -0.15) is 10.2 Å². The van der Waals surface area contributed by atoms with Crippen molar-refractivity contribution in [3.8, 4) is 0 Å². The van der Waals surface area contributed by atoms with Gasteiger partial charge in [0.15, 0.2) is 0 Å². The maximum atomic E-state index is 12.6. The summed E-state index contributed by atoms with van der Waals surface area (Å²) in [6.07, 6.45) is 8.85. The van der Waals surface area contributed by atoms with E-state index in [1.807, 2.05) is 35.5 Å². The lowest BCUT2D eigenvalue weighted by Gasteiger charge is -2.29. The van der Waals surface area contributed by atoms with Gasteiger partial charge in [0.2, 0.25) is 5.91 Å². The number of carbonyl (C=O) groups excluding carboxylic acids is 1. The molecule has 3 aromatic rings. The smallest absolute Gasteiger partial charge is 0.221 e. The summed E-state index contributed by atoms with van der Waals surface area (Å²) >= 11 is 0. The lowest BCUT2D eigenvalue weighted by atomic mass is 10.1. The van der Waals surface area contributed by atoms with Crippen molar-refractivity contribution in [3.63, 3.8) is 0 Å². The Kier molecular flexibility index (Phi) is 5.99. The third-order valence-electron chi connectivity index (χ3n) is 5.81. The van der Waals surface area contributed by atoms with Gasteiger partial charge in [-0.1, -0.05) is 12.8 Å². The van der Waals surface area contributed by atoms with Crippen LogP contribution in [-0.2, 0) is 18.4 Å². The van der Waals surface area contributed by atoms with Crippen LogP contribution in [0.15, 0.2) is 29.0 Å². The normalized spacial score (nSPS) is 16.8. The van der Waals surface area contributed by atoms with E-state index in [0.717, 1.165) is 35.6 Å². The zero-order valence-electron chi connectivity index (χ0n) is 17.3. The summed E-state index contributed by atoms with van der Waals surface area (Å²) in [5, 5.41) is 12.0. The van der Waals surface area contributed by atoms with E-state index >= 15 is 0 Å². The topological polar surface area (TPSA) is 81.1 Å². The molecule has 0 spiro atoms. The quantitative estimate of drug-likeness (QED) is 0.662. The molecule has 1 unspecified atom stereocenters. The van der Waals surface area contributed by atoms with Crippen molar-refractivity contribution in [2.45, 2.75) is 51.6 Å². The summed E-state index contributed by atoms with van der Waals surface area (Å²) in [5.74, 6) is 0.952. The van der Waals surface area contributed by atoms with E-state index in [0.29, 0.717) is 19.5 Å². The van der Waals surface area contributed by atoms with E-state index in [1.165, 1.54) is 25.7 Å². The Morgan fingerprint density at radius 1 is 1.28 bits per heavy atom. The molecule has 0 radical (unpaired) electrons. The molecule has 4 heterocycles. The standard InChI is InChI=1S/C21H30N6O2/c1-16-21-18(25(2)24-16)15-23-27(21)12-9-20(28)22-14-17(19-8-7-13-29-19)26-10-5-3-4-6-11-26/h7-8,13,15,17H,3-6,9-12,14H2,1-2H3,(H,22,28). The molecule has 1 fully saturated rings. The first kappa shape index (κ1) is 19.7. The molecule has 0 saturated carbocycles. The zero-order valence-corrected chi connectivity index (χ0v) is 17.3. The molecule has 1 N–H and O–H groups in total. The van der Waals surface area contributed by atoms with E-state index in [-0.39, 0.29) is 11.9 Å². The fraction of sp³-hybridized carbons (Fsp3) is 0.571. The van der Waals surface area contributed by atoms with Crippen LogP contribution in [0.1, 0.15) is 49.6 Å². The molecule has 1 amide bonds. The van der Waals surface area contributed by atoms with Gasteiger partial charge < -0.3 is 9.73 Å². The number of amides is 1. The number of hydrogen-bond donors (Lipinski definition) is 1. The van der Waals surface area contributed by atoms with Crippen LogP contribution < -0.4 is 5.32 Å². The predicted molar refractivity (Wildman–Crippen MR) is 110 cm³/mol. The molecule has 3 aromatic heterocycles. The maximum absolute atomic E-state index is 12.6. The lowest BCUT2D eigenvalue weighted by molar-refractivity contribution is -0.121. The Hall–Kier alpha value is -2.61. The van der Waals surface area contributed by atoms with Crippen LogP contribution in [0.4, 0.5) is 0 Å². The SMILES string of the molecule is Cc1nn(C)c2cnn(CCC(=O)NCC(c3ccco3)N3CCCCCC3)c12. The highest BCUT2D eigenvalue weighted by atomic mass is 16.3. The van der Waals surface area contributed by atoms with E-state index in [1.54, 1.807) is 12.5 Å². The first-order valence-corrected chi connectivity index (χ1v) is 10.5. The van der Waals surface area contributed by atoms with Crippen molar-refractivity contribution in [1.29, 1.82) is 0 Å². The minimum Gasteiger partial charge on any atom is -0.468 e. The van der Waals surface area contributed by atoms with Crippen molar-refractivity contribution >= 4 is 16.9 Å². The Labute approximate surface area is 170 Å². The Morgan fingerprint density at radius 2 is 2.07 bits per heavy atom. The molecular weight excluding hydrogens is 368 g/mol. The van der Waals surface area contributed by atoms with Crippen LogP contribution in [0.25, 0.3) is 11.0 Å². The average molecular weight is 399 g/mol. The molecule has 0 bridgehead atoms. The van der Waals surface area contributed by atoms with Crippen LogP contribution >= 0.6 is 0 Å². The van der Waals surface area contributed by atoms with Gasteiger partial charge >= 0.3 is 0 Å². The third kappa shape index (κ3) is 4.37. The first-order chi connectivity index (χ1) is 14.1. The second-order valence-electron chi connectivity index (χ2n) is 7.85. The average Bonchev–Trinajstić information content (AvgIpc) is 3.38. The minimum atomic E-state index is 0.0292. The van der Waals surface area contributed by atoms with Crippen molar-refractivity contribution in [1.82, 2.24) is 29.8 Å². The number of carbonyl (C=O) groups is 1. The lowest BCUT2D eigenvalue weighted by Crippen LogP contribution is -2.38. The number of aromatic nitrogens is 4. The highest BCUT2D eigenvalue weighted by Crippen LogP contribution is 2.24. The predicted octanol–water partition coefficient (Wildman–Crippen LogP) is 2.79. The van der Waals surface area contributed by atoms with Crippen molar-refractivity contribution in [3.05, 3.63) is 36.0 Å². The summed E-state index contributed by atoms with van der Waals surface area (Å²) in [5.41, 5.74) is 2.92. The molecule has 1 atom stereocenters. The number of aryl methyl sites for hydroxylation is 3. The second kappa shape index (κ2) is 8.82. The fourth-order valence-electron chi connectivity index (χ4n) is 4.28. The van der Waals surface area contributed by atoms with Gasteiger partial charge in [0.1, 0.15) is 16.8 Å². The van der Waals surface area contributed by atoms with Crippen molar-refractivity contribution < 1.29 is 9.21 Å². The largest absolute Gasteiger partial charge is 0.468 e. The fourth-order valence-corrected chi connectivity index (χ4v) is 4.28. The van der Waals surface area contributed by atoms with Crippen molar-refractivity contribution in [2.75, 3.05) is 19.6 Å². The molecule has 156 valence electrons. The monoisotopic (exact) mass is 398 g/mol. The summed E-state index contributed by atoms with van der Waals surface area (Å²) in [4.78, 5) is 15.0. The van der Waals surface area contributed by atoms with Crippen LogP contribution in [0, 0.1) is 6.92 Å². The summed E-state index contributed by atoms with van der Waals surface area (Å²) in [6.45, 7) is 5.17. The van der Waals surface area contributed by atoms with Gasteiger partial charge in [0.25, 0.3) is 0 Å². The number of nitrogens with one attached hydrogen (secondary N) is 1. The molecule has 1 aliphatic rings. The van der Waals surface area contributed by atoms with E-state index in [9.17, 15) is 4.79 Å². The van der Waals surface area contributed by atoms with E-state index in [2.05, 4.69) is 20.4 Å². The molecule has 8 nitrogen and oxygen atoms in total. The third-order valence-corrected chi connectivity index (χ3v) is 5.81. The number of fused-ring (bicyclic) bond motifs is 1. The molecular formula is C21H30N6O2. The second-order valence-corrected chi connectivity index (χ2v) is 7.85. The number of nitrogens with zero attached hydrogens (tertiary/aromatic N) is 5. The Bertz CT molecular complexity index is 934. The zero-order chi connectivity index (χ0) is 20.2. The number of hydrogen-bond acceptors (Lipinski definition) is 5. The maximum Gasteiger partial charge on any atom is 0.221 e. The van der Waals surface area contributed by atoms with Gasteiger partial charge in [-0.3, -0.25) is 19.1 Å². The van der Waals surface area contributed by atoms with Gasteiger partial charge in [-0.05, 0) is 45.0 Å². The Morgan fingerprint density at radius 3 is 2.79 bits per heavy atom. The van der Waals surface area contributed by atoms with E-state index < -0.39 is 0 Å². The minimum absolute atomic E-state index is 0.0292. The highest BCUT2D eigenvalue weighted by Gasteiger charge is 2.24. The van der Waals surface area contributed by atoms with Gasteiger partial charge in [-0.25, -0.2) is 0 Å². The molecule has 29 heavy (non-hydrogen) atoms. The number of likely N-dealkylation sites (tertiary alicyclic amines) is 1. The van der Waals surface area contributed by atoms with Crippen LogP contribution in [0.2, 0.25) is 0 Å². The first-order valence-electron chi connectivity index (χ1n) is 10.5. The summed E-state index contributed by atoms with van der Waals surface area (Å²) in [7, 11) is 1.91. The molecule has 1 aliphatic heterocycles. The van der Waals surface area contributed by atoms with Gasteiger partial charge in [0, 0.05) is 20.0 Å².